The molecule has 1 N–H and O–H groups in total. The second-order valence-electron chi connectivity index (χ2n) is 5.57. The second kappa shape index (κ2) is 7.17. The normalized spacial score (nSPS) is 12.9. The van der Waals surface area contributed by atoms with Crippen LogP contribution in [0.4, 0.5) is 23.0 Å². The molecular formula is C17H19BF4N2. The number of anilines is 1. The molecule has 2 nitrogen and oxygen atoms in total. The third-order valence-corrected chi connectivity index (χ3v) is 3.60. The highest BCUT2D eigenvalue weighted by atomic mass is 19.5. The van der Waals surface area contributed by atoms with Gasteiger partial charge in [0.2, 0.25) is 0 Å². The Labute approximate surface area is 139 Å². The molecule has 2 aromatic rings. The van der Waals surface area contributed by atoms with Gasteiger partial charge in [0.1, 0.15) is 17.3 Å². The van der Waals surface area contributed by atoms with Crippen LogP contribution in [0.2, 0.25) is 0 Å². The fourth-order valence-electron chi connectivity index (χ4n) is 2.77. The van der Waals surface area contributed by atoms with Crippen molar-refractivity contribution in [1.29, 1.82) is 0 Å². The first-order valence-corrected chi connectivity index (χ1v) is 7.62. The van der Waals surface area contributed by atoms with E-state index in [1.165, 1.54) is 33.6 Å². The van der Waals surface area contributed by atoms with Gasteiger partial charge in [-0.3, -0.25) is 0 Å². The maximum atomic E-state index is 9.75. The van der Waals surface area contributed by atoms with E-state index in [9.17, 15) is 17.3 Å². The fourth-order valence-corrected chi connectivity index (χ4v) is 2.77. The molecule has 0 spiro atoms. The summed E-state index contributed by atoms with van der Waals surface area (Å²) < 4.78 is 39.0. The first-order valence-electron chi connectivity index (χ1n) is 7.62. The Hall–Kier alpha value is -2.15. The van der Waals surface area contributed by atoms with Gasteiger partial charge in [0, 0.05) is 44.2 Å². The number of likely N-dealkylation sites (N-methyl/N-ethyl adjacent to an activating group) is 1. The quantitative estimate of drug-likeness (QED) is 0.495. The molecule has 0 amide bonds. The first kappa shape index (κ1) is 18.2. The number of nitrogens with one attached hydrogen (secondary N) is 1. The van der Waals surface area contributed by atoms with Gasteiger partial charge in [-0.05, 0) is 18.2 Å². The third kappa shape index (κ3) is 4.23. The highest BCUT2D eigenvalue weighted by Gasteiger charge is 2.29. The van der Waals surface area contributed by atoms with E-state index in [1.807, 2.05) is 0 Å². The van der Waals surface area contributed by atoms with Gasteiger partial charge in [-0.1, -0.05) is 13.0 Å². The van der Waals surface area contributed by atoms with Crippen LogP contribution >= 0.6 is 0 Å². The zero-order chi connectivity index (χ0) is 17.9. The lowest BCUT2D eigenvalue weighted by atomic mass is 9.88. The van der Waals surface area contributed by atoms with Crippen LogP contribution in [0, 0.1) is 6.04 Å². The van der Waals surface area contributed by atoms with Gasteiger partial charge in [0.15, 0.2) is 0 Å². The Morgan fingerprint density at radius 1 is 1.08 bits per heavy atom. The summed E-state index contributed by atoms with van der Waals surface area (Å²) >= 11 is 0. The molecule has 1 aliphatic rings. The van der Waals surface area contributed by atoms with E-state index in [-0.39, 0.29) is 0 Å². The second-order valence-corrected chi connectivity index (χ2v) is 5.57. The number of hydrogen-bond acceptors (Lipinski definition) is 2. The van der Waals surface area contributed by atoms with E-state index in [1.54, 1.807) is 0 Å². The Kier molecular flexibility index (Phi) is 5.44. The van der Waals surface area contributed by atoms with Crippen LogP contribution in [0.3, 0.4) is 0 Å². The number of rotatable bonds is 3. The van der Waals surface area contributed by atoms with Gasteiger partial charge in [-0.25, -0.2) is 5.32 Å². The van der Waals surface area contributed by atoms with Crippen LogP contribution in [0.1, 0.15) is 18.1 Å². The molecule has 0 saturated carbocycles. The van der Waals surface area contributed by atoms with Gasteiger partial charge in [-0.15, -0.1) is 0 Å². The molecule has 0 bridgehead atoms. The molecule has 0 radical (unpaired) electrons. The van der Waals surface area contributed by atoms with Crippen molar-refractivity contribution >= 4 is 29.8 Å². The Balaban J connectivity index is 0.000000368. The molecule has 0 unspecified atom stereocenters. The first-order chi connectivity index (χ1) is 11.2. The Bertz CT molecular complexity index is 735. The number of nitrogens with zero attached hydrogens (tertiary/aromatic N) is 1. The topological polar surface area (TPSA) is 15.3 Å². The minimum absolute atomic E-state index is 0.936. The summed E-state index contributed by atoms with van der Waals surface area (Å²) in [5.74, 6) is 0. The molecule has 128 valence electrons. The molecule has 3 rings (SSSR count). The maximum absolute atomic E-state index is 9.75. The summed E-state index contributed by atoms with van der Waals surface area (Å²) in [6.45, 7) is 3.07. The standard InChI is InChI=1S/C17H19N2.BF4/c1-4-18-14-10-8-12-6-5-7-13-9-11-15(19(2)3)17(14)16(12)13;2-1(3,4)5/h5-11,18H,4H2,1-3H3;/q+1;-1. The number of halogens is 4. The maximum Gasteiger partial charge on any atom is 0.673 e. The molecule has 2 aromatic carbocycles. The lowest BCUT2D eigenvalue weighted by Crippen LogP contribution is -2.24. The zero-order valence-corrected chi connectivity index (χ0v) is 13.8. The predicted molar refractivity (Wildman–Crippen MR) is 93.5 cm³/mol. The largest absolute Gasteiger partial charge is 0.673 e. The van der Waals surface area contributed by atoms with E-state index >= 15 is 0 Å². The van der Waals surface area contributed by atoms with Crippen molar-refractivity contribution in [3.8, 4) is 0 Å². The fraction of sp³-hybridized carbons (Fsp3) is 0.235. The molecule has 24 heavy (non-hydrogen) atoms. The molecule has 0 aliphatic heterocycles. The lowest BCUT2D eigenvalue weighted by molar-refractivity contribution is 0.368. The molecule has 7 heteroatoms. The van der Waals surface area contributed by atoms with Crippen molar-refractivity contribution in [3.05, 3.63) is 53.6 Å². The summed E-state index contributed by atoms with van der Waals surface area (Å²) in [5.41, 5.74) is 3.89. The van der Waals surface area contributed by atoms with E-state index < -0.39 is 7.25 Å². The molecule has 0 heterocycles. The van der Waals surface area contributed by atoms with E-state index in [0.717, 1.165) is 6.54 Å². The van der Waals surface area contributed by atoms with E-state index in [4.69, 9.17) is 0 Å². The number of benzene rings is 2. The zero-order valence-electron chi connectivity index (χ0n) is 13.8. The summed E-state index contributed by atoms with van der Waals surface area (Å²) in [5, 5.41) is 6.14. The summed E-state index contributed by atoms with van der Waals surface area (Å²) in [6.07, 6.45) is 4.39. The highest BCUT2D eigenvalue weighted by molar-refractivity contribution is 6.50. The molecule has 1 aliphatic carbocycles. The van der Waals surface area contributed by atoms with Gasteiger partial charge >= 0.3 is 7.25 Å². The Morgan fingerprint density at radius 3 is 2.33 bits per heavy atom. The Morgan fingerprint density at radius 2 is 1.75 bits per heavy atom. The van der Waals surface area contributed by atoms with Gasteiger partial charge in [0.25, 0.3) is 0 Å². The van der Waals surface area contributed by atoms with Crippen LogP contribution in [0.5, 0.6) is 0 Å². The molecule has 0 atom stereocenters. The summed E-state index contributed by atoms with van der Waals surface area (Å²) in [4.78, 5) is 2.18. The SMILES string of the molecule is CCN[C+]1C=Cc2cccc3ccc(N(C)C)c1c23.F[B-](F)(F)F. The van der Waals surface area contributed by atoms with Gasteiger partial charge in [0.05, 0.1) is 10.9 Å². The van der Waals surface area contributed by atoms with E-state index in [2.05, 4.69) is 73.7 Å². The van der Waals surface area contributed by atoms with Gasteiger partial charge in [-0.2, -0.15) is 0 Å². The average molecular weight is 338 g/mol. The highest BCUT2D eigenvalue weighted by Crippen LogP contribution is 2.38. The average Bonchev–Trinajstić information content (AvgIpc) is 2.48. The van der Waals surface area contributed by atoms with Crippen molar-refractivity contribution in [1.82, 2.24) is 5.32 Å². The number of hydrogen-bond donors (Lipinski definition) is 1. The predicted octanol–water partition coefficient (Wildman–Crippen LogP) is 4.72. The van der Waals surface area contributed by atoms with Crippen molar-refractivity contribution < 1.29 is 17.3 Å². The van der Waals surface area contributed by atoms with Crippen molar-refractivity contribution in [3.63, 3.8) is 0 Å². The van der Waals surface area contributed by atoms with Crippen LogP contribution in [-0.2, 0) is 0 Å². The third-order valence-electron chi connectivity index (χ3n) is 3.60. The molecule has 0 fully saturated rings. The van der Waals surface area contributed by atoms with Crippen LogP contribution in [-0.4, -0.2) is 27.9 Å². The van der Waals surface area contributed by atoms with Crippen molar-refractivity contribution in [2.45, 2.75) is 6.92 Å². The minimum Gasteiger partial charge on any atom is -0.418 e. The smallest absolute Gasteiger partial charge is 0.418 e. The van der Waals surface area contributed by atoms with Crippen LogP contribution < -0.4 is 10.2 Å². The molecule has 0 aromatic heterocycles. The van der Waals surface area contributed by atoms with Crippen molar-refractivity contribution in [2.75, 3.05) is 25.5 Å². The molecular weight excluding hydrogens is 319 g/mol. The minimum atomic E-state index is -6.00. The van der Waals surface area contributed by atoms with Crippen LogP contribution in [0.15, 0.2) is 36.4 Å². The van der Waals surface area contributed by atoms with Crippen LogP contribution in [0.25, 0.3) is 16.8 Å². The summed E-state index contributed by atoms with van der Waals surface area (Å²) in [6, 6.07) is 12.1. The summed E-state index contributed by atoms with van der Waals surface area (Å²) in [7, 11) is -1.80. The van der Waals surface area contributed by atoms with Gasteiger partial charge < -0.3 is 22.2 Å². The molecule has 0 saturated heterocycles. The van der Waals surface area contributed by atoms with E-state index in [0.29, 0.717) is 0 Å². The monoisotopic (exact) mass is 338 g/mol. The lowest BCUT2D eigenvalue weighted by Gasteiger charge is -2.20. The van der Waals surface area contributed by atoms with Crippen molar-refractivity contribution in [2.24, 2.45) is 0 Å².